The molecule has 0 bridgehead atoms. The van der Waals surface area contributed by atoms with Gasteiger partial charge in [0.05, 0.1) is 18.9 Å². The van der Waals surface area contributed by atoms with E-state index in [0.717, 1.165) is 16.0 Å². The van der Waals surface area contributed by atoms with Crippen molar-refractivity contribution in [3.8, 4) is 0 Å². The first kappa shape index (κ1) is 17.9. The summed E-state index contributed by atoms with van der Waals surface area (Å²) in [5, 5.41) is 10.8. The minimum atomic E-state index is -1.64. The molecule has 0 amide bonds. The molecular weight excluding hydrogens is 320 g/mol. The van der Waals surface area contributed by atoms with Crippen LogP contribution >= 0.6 is 0 Å². The first-order valence-corrected chi connectivity index (χ1v) is 12.4. The van der Waals surface area contributed by atoms with Gasteiger partial charge < -0.3 is 5.11 Å². The van der Waals surface area contributed by atoms with Crippen LogP contribution in [-0.4, -0.2) is 17.4 Å². The van der Waals surface area contributed by atoms with Crippen molar-refractivity contribution in [3.63, 3.8) is 0 Å². The summed E-state index contributed by atoms with van der Waals surface area (Å²) in [6.07, 6.45) is -0.843. The maximum Gasteiger partial charge on any atom is 0.112 e. The number of hydrogen-bond donors (Lipinski definition) is 1. The van der Waals surface area contributed by atoms with Crippen LogP contribution in [0.25, 0.3) is 0 Å². The molecule has 1 unspecified atom stereocenters. The Morgan fingerprint density at radius 2 is 1.61 bits per heavy atom. The Labute approximate surface area is 142 Å². The lowest BCUT2D eigenvalue weighted by Crippen LogP contribution is -2.20. The molecule has 0 aliphatic rings. The number of hydrogen-bond acceptors (Lipinski definition) is 2. The smallest absolute Gasteiger partial charge is 0.112 e. The molecule has 0 radical (unpaired) electrons. The van der Waals surface area contributed by atoms with E-state index in [1.165, 1.54) is 0 Å². The van der Waals surface area contributed by atoms with E-state index in [-0.39, 0.29) is 0 Å². The molecule has 0 aromatic heterocycles. The van der Waals surface area contributed by atoms with Gasteiger partial charge in [-0.3, -0.25) is 0 Å². The summed E-state index contributed by atoms with van der Waals surface area (Å²) < 4.78 is 13.1. The van der Waals surface area contributed by atoms with Gasteiger partial charge in [0.1, 0.15) is 6.10 Å². The second-order valence-electron chi connectivity index (χ2n) is 6.81. The standard InChI is InChI=1S/C19H24O2SSi/c1-15-10-12-17(13-11-15)22(21)18(14-23(2,3)4)19(20)16-8-6-5-7-9-16/h5-14,19-20H,1-4H3/b18-14+/t19-,22?/m0/s1. The number of benzene rings is 2. The first-order chi connectivity index (χ1) is 10.8. The van der Waals surface area contributed by atoms with Crippen LogP contribution in [-0.2, 0) is 10.8 Å². The molecule has 0 aliphatic heterocycles. The van der Waals surface area contributed by atoms with E-state index in [2.05, 4.69) is 25.3 Å². The summed E-state index contributed by atoms with van der Waals surface area (Å²) >= 11 is 0. The number of aryl methyl sites for hydroxylation is 1. The van der Waals surface area contributed by atoms with Gasteiger partial charge in [-0.25, -0.2) is 4.21 Å². The minimum absolute atomic E-state index is 0.596. The fourth-order valence-electron chi connectivity index (χ4n) is 2.26. The molecule has 0 saturated heterocycles. The summed E-state index contributed by atoms with van der Waals surface area (Å²) in [5.74, 6) is 0. The second-order valence-corrected chi connectivity index (χ2v) is 13.3. The van der Waals surface area contributed by atoms with Gasteiger partial charge in [0.15, 0.2) is 0 Å². The van der Waals surface area contributed by atoms with Crippen molar-refractivity contribution < 1.29 is 9.32 Å². The third-order valence-electron chi connectivity index (χ3n) is 3.41. The van der Waals surface area contributed by atoms with Gasteiger partial charge in [-0.1, -0.05) is 73.4 Å². The van der Waals surface area contributed by atoms with Gasteiger partial charge in [-0.15, -0.1) is 0 Å². The van der Waals surface area contributed by atoms with Crippen molar-refractivity contribution in [2.75, 3.05) is 0 Å². The highest BCUT2D eigenvalue weighted by molar-refractivity contribution is 7.89. The summed E-state index contributed by atoms with van der Waals surface area (Å²) in [7, 11) is -3.00. The van der Waals surface area contributed by atoms with Crippen LogP contribution in [0.1, 0.15) is 17.2 Å². The first-order valence-electron chi connectivity index (χ1n) is 7.72. The van der Waals surface area contributed by atoms with Gasteiger partial charge in [0, 0.05) is 9.80 Å². The van der Waals surface area contributed by atoms with E-state index >= 15 is 0 Å². The van der Waals surface area contributed by atoms with Crippen molar-refractivity contribution >= 4 is 18.9 Å². The zero-order valence-electron chi connectivity index (χ0n) is 14.1. The molecule has 2 atom stereocenters. The van der Waals surface area contributed by atoms with Crippen LogP contribution in [0.15, 0.2) is 70.1 Å². The van der Waals surface area contributed by atoms with Crippen LogP contribution in [0, 0.1) is 6.92 Å². The van der Waals surface area contributed by atoms with Gasteiger partial charge in [0.2, 0.25) is 0 Å². The maximum atomic E-state index is 13.1. The van der Waals surface area contributed by atoms with Crippen molar-refractivity contribution in [1.82, 2.24) is 0 Å². The van der Waals surface area contributed by atoms with Crippen LogP contribution in [0.2, 0.25) is 19.6 Å². The molecule has 2 nitrogen and oxygen atoms in total. The number of aliphatic hydroxyl groups is 1. The summed E-state index contributed by atoms with van der Waals surface area (Å²) in [6.45, 7) is 8.54. The Kier molecular flexibility index (Phi) is 5.73. The predicted molar refractivity (Wildman–Crippen MR) is 100 cm³/mol. The third-order valence-corrected chi connectivity index (χ3v) is 6.27. The number of rotatable bonds is 5. The molecule has 2 rings (SSSR count). The molecule has 2 aromatic carbocycles. The van der Waals surface area contributed by atoms with Gasteiger partial charge in [-0.05, 0) is 24.6 Å². The van der Waals surface area contributed by atoms with Crippen LogP contribution < -0.4 is 0 Å². The average Bonchev–Trinajstić information content (AvgIpc) is 2.52. The molecular formula is C19H24O2SSi. The second kappa shape index (κ2) is 7.38. The average molecular weight is 345 g/mol. The molecule has 23 heavy (non-hydrogen) atoms. The van der Waals surface area contributed by atoms with Crippen LogP contribution in [0.5, 0.6) is 0 Å². The molecule has 0 fully saturated rings. The molecule has 0 aliphatic carbocycles. The fraction of sp³-hybridized carbons (Fsp3) is 0.263. The Morgan fingerprint density at radius 3 is 2.13 bits per heavy atom. The summed E-state index contributed by atoms with van der Waals surface area (Å²) in [5.41, 5.74) is 3.96. The molecule has 2 aromatic rings. The highest BCUT2D eigenvalue weighted by atomic mass is 32.2. The molecule has 0 saturated carbocycles. The third kappa shape index (κ3) is 4.99. The largest absolute Gasteiger partial charge is 0.383 e. The van der Waals surface area contributed by atoms with E-state index in [9.17, 15) is 9.32 Å². The summed E-state index contributed by atoms with van der Waals surface area (Å²) in [4.78, 5) is 1.33. The Hall–Kier alpha value is -1.49. The predicted octanol–water partition coefficient (Wildman–Crippen LogP) is 4.60. The lowest BCUT2D eigenvalue weighted by Gasteiger charge is -2.19. The molecule has 122 valence electrons. The van der Waals surface area contributed by atoms with Crippen molar-refractivity contribution in [1.29, 1.82) is 0 Å². The Balaban J connectivity index is 2.44. The van der Waals surface area contributed by atoms with E-state index < -0.39 is 25.0 Å². The highest BCUT2D eigenvalue weighted by Gasteiger charge is 2.24. The Morgan fingerprint density at radius 1 is 1.04 bits per heavy atom. The SMILES string of the molecule is Cc1ccc(S(=O)/C(=C/[Si](C)(C)C)[C@@H](O)c2ccccc2)cc1. The van der Waals surface area contributed by atoms with Crippen molar-refractivity contribution in [2.45, 2.75) is 37.6 Å². The van der Waals surface area contributed by atoms with E-state index in [4.69, 9.17) is 0 Å². The zero-order chi connectivity index (χ0) is 17.0. The number of aliphatic hydroxyl groups excluding tert-OH is 1. The monoisotopic (exact) mass is 344 g/mol. The lowest BCUT2D eigenvalue weighted by atomic mass is 10.1. The normalized spacial score (nSPS) is 15.3. The topological polar surface area (TPSA) is 37.3 Å². The van der Waals surface area contributed by atoms with E-state index in [1.807, 2.05) is 61.5 Å². The highest BCUT2D eigenvalue weighted by Crippen LogP contribution is 2.29. The van der Waals surface area contributed by atoms with Gasteiger partial charge >= 0.3 is 0 Å². The molecule has 0 heterocycles. The van der Waals surface area contributed by atoms with Crippen LogP contribution in [0.3, 0.4) is 0 Å². The zero-order valence-corrected chi connectivity index (χ0v) is 15.9. The lowest BCUT2D eigenvalue weighted by molar-refractivity contribution is 0.224. The van der Waals surface area contributed by atoms with E-state index in [0.29, 0.717) is 4.91 Å². The summed E-state index contributed by atoms with van der Waals surface area (Å²) in [6, 6.07) is 17.1. The van der Waals surface area contributed by atoms with E-state index in [1.54, 1.807) is 0 Å². The van der Waals surface area contributed by atoms with Crippen LogP contribution in [0.4, 0.5) is 0 Å². The maximum absolute atomic E-state index is 13.1. The molecule has 4 heteroatoms. The van der Waals surface area contributed by atoms with Crippen molar-refractivity contribution in [2.24, 2.45) is 0 Å². The van der Waals surface area contributed by atoms with Gasteiger partial charge in [-0.2, -0.15) is 0 Å². The molecule has 1 N–H and O–H groups in total. The van der Waals surface area contributed by atoms with Crippen molar-refractivity contribution in [3.05, 3.63) is 76.3 Å². The Bertz CT molecular complexity index is 700. The van der Waals surface area contributed by atoms with Gasteiger partial charge in [0.25, 0.3) is 0 Å². The molecule has 0 spiro atoms. The minimum Gasteiger partial charge on any atom is -0.383 e. The quantitative estimate of drug-likeness (QED) is 0.805. The fourth-order valence-corrected chi connectivity index (χ4v) is 5.75.